The smallest absolute Gasteiger partial charge is 0.307 e. The highest BCUT2D eigenvalue weighted by Gasteiger charge is 2.59. The van der Waals surface area contributed by atoms with Crippen molar-refractivity contribution in [3.05, 3.63) is 35.0 Å². The van der Waals surface area contributed by atoms with Gasteiger partial charge in [-0.15, -0.1) is 0 Å². The molecule has 5 nitrogen and oxygen atoms in total. The van der Waals surface area contributed by atoms with Crippen molar-refractivity contribution in [1.29, 1.82) is 0 Å². The average molecular weight is 347 g/mol. The first-order valence-electron chi connectivity index (χ1n) is 8.25. The Morgan fingerprint density at radius 2 is 2.08 bits per heavy atom. The molecular weight excluding hydrogens is 328 g/mol. The molecule has 1 unspecified atom stereocenters. The molecule has 24 heavy (non-hydrogen) atoms. The summed E-state index contributed by atoms with van der Waals surface area (Å²) in [5, 5.41) is 10.8. The number of carbonyl (C=O) groups is 2. The SMILES string of the molecule is O=C(O)C1CC12CCN(C(=O)Cc1c[nH]c3ccc(Cl)cc13)CC2. The monoisotopic (exact) mass is 346 g/mol. The van der Waals surface area contributed by atoms with Crippen LogP contribution >= 0.6 is 11.6 Å². The van der Waals surface area contributed by atoms with Gasteiger partial charge in [0.2, 0.25) is 5.91 Å². The summed E-state index contributed by atoms with van der Waals surface area (Å²) in [4.78, 5) is 28.8. The molecule has 1 spiro atoms. The highest BCUT2D eigenvalue weighted by Crippen LogP contribution is 2.59. The second-order valence-electron chi connectivity index (χ2n) is 7.02. The Kier molecular flexibility index (Phi) is 3.57. The number of carbonyl (C=O) groups excluding carboxylic acids is 1. The molecule has 2 fully saturated rings. The molecule has 1 amide bonds. The molecule has 0 bridgehead atoms. The zero-order chi connectivity index (χ0) is 16.9. The molecule has 1 aromatic heterocycles. The number of aliphatic carboxylic acids is 1. The number of nitrogens with one attached hydrogen (secondary N) is 1. The summed E-state index contributed by atoms with van der Waals surface area (Å²) in [5.74, 6) is -0.797. The van der Waals surface area contributed by atoms with Crippen molar-refractivity contribution in [2.45, 2.75) is 25.7 Å². The third-order valence-electron chi connectivity index (χ3n) is 5.67. The number of hydrogen-bond acceptors (Lipinski definition) is 2. The fourth-order valence-electron chi connectivity index (χ4n) is 4.02. The van der Waals surface area contributed by atoms with Gasteiger partial charge in [0.25, 0.3) is 0 Å². The fourth-order valence-corrected chi connectivity index (χ4v) is 4.19. The Bertz CT molecular complexity index is 821. The first kappa shape index (κ1) is 15.5. The van der Waals surface area contributed by atoms with E-state index in [1.54, 1.807) is 0 Å². The van der Waals surface area contributed by atoms with E-state index in [1.165, 1.54) is 0 Å². The zero-order valence-electron chi connectivity index (χ0n) is 13.2. The minimum absolute atomic E-state index is 0.0447. The number of aromatic nitrogens is 1. The van der Waals surface area contributed by atoms with Gasteiger partial charge in [-0.2, -0.15) is 0 Å². The largest absolute Gasteiger partial charge is 0.481 e. The maximum absolute atomic E-state index is 12.6. The molecule has 2 aromatic rings. The summed E-state index contributed by atoms with van der Waals surface area (Å²) in [7, 11) is 0. The van der Waals surface area contributed by atoms with Crippen LogP contribution in [0.15, 0.2) is 24.4 Å². The second-order valence-corrected chi connectivity index (χ2v) is 7.46. The van der Waals surface area contributed by atoms with E-state index in [0.717, 1.165) is 35.7 Å². The lowest BCUT2D eigenvalue weighted by Gasteiger charge is -2.32. The molecule has 1 saturated carbocycles. The van der Waals surface area contributed by atoms with Crippen molar-refractivity contribution in [3.63, 3.8) is 0 Å². The summed E-state index contributed by atoms with van der Waals surface area (Å²) < 4.78 is 0. The van der Waals surface area contributed by atoms with Crippen molar-refractivity contribution in [2.75, 3.05) is 13.1 Å². The third kappa shape index (κ3) is 2.57. The van der Waals surface area contributed by atoms with Crippen LogP contribution < -0.4 is 0 Å². The fraction of sp³-hybridized carbons (Fsp3) is 0.444. The molecule has 1 atom stereocenters. The standard InChI is InChI=1S/C18H19ClN2O3/c19-12-1-2-15-13(8-12)11(10-20-15)7-16(22)21-5-3-18(4-6-21)9-14(18)17(23)24/h1-2,8,10,14,20H,3-7,9H2,(H,23,24). The van der Waals surface area contributed by atoms with Crippen molar-refractivity contribution in [2.24, 2.45) is 11.3 Å². The van der Waals surface area contributed by atoms with Crippen LogP contribution in [0.2, 0.25) is 5.02 Å². The van der Waals surface area contributed by atoms with E-state index in [0.29, 0.717) is 24.5 Å². The number of halogens is 1. The van der Waals surface area contributed by atoms with E-state index >= 15 is 0 Å². The zero-order valence-corrected chi connectivity index (χ0v) is 14.0. The number of fused-ring (bicyclic) bond motifs is 1. The van der Waals surface area contributed by atoms with Gasteiger partial charge in [-0.05, 0) is 48.4 Å². The molecule has 1 aromatic carbocycles. The molecule has 4 rings (SSSR count). The average Bonchev–Trinajstić information content (AvgIpc) is 3.13. The lowest BCUT2D eigenvalue weighted by molar-refractivity contribution is -0.139. The number of likely N-dealkylation sites (tertiary alicyclic amines) is 1. The van der Waals surface area contributed by atoms with Gasteiger partial charge in [-0.25, -0.2) is 0 Å². The molecule has 1 aliphatic carbocycles. The Morgan fingerprint density at radius 1 is 1.33 bits per heavy atom. The van der Waals surface area contributed by atoms with Crippen LogP contribution in [-0.4, -0.2) is 40.0 Å². The topological polar surface area (TPSA) is 73.4 Å². The maximum atomic E-state index is 12.6. The van der Waals surface area contributed by atoms with Crippen molar-refractivity contribution in [1.82, 2.24) is 9.88 Å². The molecule has 2 heterocycles. The van der Waals surface area contributed by atoms with Gasteiger partial charge in [0.05, 0.1) is 12.3 Å². The molecule has 2 N–H and O–H groups in total. The van der Waals surface area contributed by atoms with E-state index in [4.69, 9.17) is 16.7 Å². The van der Waals surface area contributed by atoms with E-state index in [1.807, 2.05) is 29.3 Å². The summed E-state index contributed by atoms with van der Waals surface area (Å²) in [6.07, 6.45) is 4.58. The van der Waals surface area contributed by atoms with Crippen LogP contribution in [0.5, 0.6) is 0 Å². The number of carboxylic acids is 1. The number of carboxylic acid groups (broad SMARTS) is 1. The quantitative estimate of drug-likeness (QED) is 0.897. The molecule has 2 aliphatic rings. The molecular formula is C18H19ClN2O3. The minimum Gasteiger partial charge on any atom is -0.481 e. The highest BCUT2D eigenvalue weighted by molar-refractivity contribution is 6.31. The normalized spacial score (nSPS) is 22.0. The summed E-state index contributed by atoms with van der Waals surface area (Å²) in [6, 6.07) is 5.61. The van der Waals surface area contributed by atoms with Gasteiger partial charge in [-0.3, -0.25) is 9.59 Å². The number of nitrogens with zero attached hydrogens (tertiary/aromatic N) is 1. The minimum atomic E-state index is -0.689. The second kappa shape index (κ2) is 5.52. The van der Waals surface area contributed by atoms with Crippen LogP contribution in [0.1, 0.15) is 24.8 Å². The Hall–Kier alpha value is -2.01. The lowest BCUT2D eigenvalue weighted by atomic mass is 9.90. The number of hydrogen-bond donors (Lipinski definition) is 2. The lowest BCUT2D eigenvalue weighted by Crippen LogP contribution is -2.40. The number of rotatable bonds is 3. The van der Waals surface area contributed by atoms with Crippen molar-refractivity contribution in [3.8, 4) is 0 Å². The van der Waals surface area contributed by atoms with E-state index < -0.39 is 5.97 Å². The predicted octanol–water partition coefficient (Wildman–Crippen LogP) is 3.08. The van der Waals surface area contributed by atoms with Gasteiger partial charge < -0.3 is 15.0 Å². The van der Waals surface area contributed by atoms with Crippen molar-refractivity contribution < 1.29 is 14.7 Å². The van der Waals surface area contributed by atoms with Gasteiger partial charge in [0.15, 0.2) is 0 Å². The third-order valence-corrected chi connectivity index (χ3v) is 5.91. The van der Waals surface area contributed by atoms with E-state index in [-0.39, 0.29) is 17.2 Å². The van der Waals surface area contributed by atoms with Crippen LogP contribution in [0, 0.1) is 11.3 Å². The number of amides is 1. The van der Waals surface area contributed by atoms with Crippen LogP contribution in [-0.2, 0) is 16.0 Å². The number of aromatic amines is 1. The first-order valence-corrected chi connectivity index (χ1v) is 8.62. The van der Waals surface area contributed by atoms with Gasteiger partial charge in [0.1, 0.15) is 0 Å². The van der Waals surface area contributed by atoms with Gasteiger partial charge >= 0.3 is 5.97 Å². The predicted molar refractivity (Wildman–Crippen MR) is 91.0 cm³/mol. The van der Waals surface area contributed by atoms with Gasteiger partial charge in [-0.1, -0.05) is 11.6 Å². The summed E-state index contributed by atoms with van der Waals surface area (Å²) in [5.41, 5.74) is 1.88. The maximum Gasteiger partial charge on any atom is 0.307 e. The van der Waals surface area contributed by atoms with Gasteiger partial charge in [0, 0.05) is 35.2 Å². The number of benzene rings is 1. The van der Waals surface area contributed by atoms with Crippen LogP contribution in [0.4, 0.5) is 0 Å². The summed E-state index contributed by atoms with van der Waals surface area (Å²) >= 11 is 6.05. The first-order chi connectivity index (χ1) is 11.5. The van der Waals surface area contributed by atoms with Crippen LogP contribution in [0.25, 0.3) is 10.9 Å². The van der Waals surface area contributed by atoms with E-state index in [2.05, 4.69) is 4.98 Å². The molecule has 0 radical (unpaired) electrons. The van der Waals surface area contributed by atoms with E-state index in [9.17, 15) is 9.59 Å². The van der Waals surface area contributed by atoms with Crippen LogP contribution in [0.3, 0.4) is 0 Å². The molecule has 1 saturated heterocycles. The van der Waals surface area contributed by atoms with Crippen molar-refractivity contribution >= 4 is 34.4 Å². The number of H-pyrrole nitrogens is 1. The molecule has 1 aliphatic heterocycles. The summed E-state index contributed by atoms with van der Waals surface area (Å²) in [6.45, 7) is 1.32. The molecule has 126 valence electrons. The Morgan fingerprint density at radius 3 is 2.75 bits per heavy atom. The number of piperidine rings is 1. The Balaban J connectivity index is 1.42. The Labute approximate surface area is 144 Å². The molecule has 6 heteroatoms. The highest BCUT2D eigenvalue weighted by atomic mass is 35.5.